The Morgan fingerprint density at radius 1 is 1.20 bits per heavy atom. The zero-order valence-electron chi connectivity index (χ0n) is 12.5. The number of benzene rings is 1. The number of nitrogens with two attached hydrogens (primary N) is 1. The van der Waals surface area contributed by atoms with Gasteiger partial charge in [-0.1, -0.05) is 38.5 Å². The second-order valence-corrected chi connectivity index (χ2v) is 5.56. The van der Waals surface area contributed by atoms with Crippen molar-refractivity contribution in [2.75, 3.05) is 31.1 Å². The van der Waals surface area contributed by atoms with E-state index in [1.807, 2.05) is 30.0 Å². The third kappa shape index (κ3) is 3.31. The van der Waals surface area contributed by atoms with E-state index in [4.69, 9.17) is 5.73 Å². The van der Waals surface area contributed by atoms with Crippen LogP contribution >= 0.6 is 0 Å². The van der Waals surface area contributed by atoms with Crippen LogP contribution in [0.4, 0.5) is 5.69 Å². The highest BCUT2D eigenvalue weighted by Gasteiger charge is 2.27. The molecule has 0 radical (unpaired) electrons. The van der Waals surface area contributed by atoms with Gasteiger partial charge in [0.2, 0.25) is 5.91 Å². The molecule has 1 aliphatic heterocycles. The molecule has 1 saturated heterocycles. The molecular formula is C16H25N3O. The minimum atomic E-state index is -0.358. The Bertz CT molecular complexity index is 427. The van der Waals surface area contributed by atoms with Gasteiger partial charge >= 0.3 is 0 Å². The van der Waals surface area contributed by atoms with Crippen LogP contribution in [0.1, 0.15) is 20.3 Å². The zero-order valence-corrected chi connectivity index (χ0v) is 12.5. The second-order valence-electron chi connectivity index (χ2n) is 5.56. The van der Waals surface area contributed by atoms with Gasteiger partial charge in [0.15, 0.2) is 0 Å². The zero-order chi connectivity index (χ0) is 14.5. The molecule has 0 aliphatic carbocycles. The molecule has 1 aromatic rings. The summed E-state index contributed by atoms with van der Waals surface area (Å²) in [5.74, 6) is 0.349. The Morgan fingerprint density at radius 2 is 1.80 bits per heavy atom. The van der Waals surface area contributed by atoms with Crippen LogP contribution in [-0.4, -0.2) is 43.0 Å². The Hall–Kier alpha value is -1.55. The van der Waals surface area contributed by atoms with Crippen LogP contribution in [0.3, 0.4) is 0 Å². The van der Waals surface area contributed by atoms with E-state index in [1.54, 1.807) is 0 Å². The predicted octanol–water partition coefficient (Wildman–Crippen LogP) is 1.71. The van der Waals surface area contributed by atoms with Crippen molar-refractivity contribution in [2.45, 2.75) is 26.3 Å². The van der Waals surface area contributed by atoms with Gasteiger partial charge in [-0.2, -0.15) is 0 Å². The van der Waals surface area contributed by atoms with E-state index in [2.05, 4.69) is 24.0 Å². The number of amides is 1. The summed E-state index contributed by atoms with van der Waals surface area (Å²) in [6.07, 6.45) is 0.941. The first-order valence-corrected chi connectivity index (χ1v) is 7.47. The third-order valence-corrected chi connectivity index (χ3v) is 4.25. The summed E-state index contributed by atoms with van der Waals surface area (Å²) in [4.78, 5) is 16.6. The average molecular weight is 275 g/mol. The van der Waals surface area contributed by atoms with E-state index in [0.717, 1.165) is 32.6 Å². The number of hydrogen-bond acceptors (Lipinski definition) is 3. The van der Waals surface area contributed by atoms with E-state index in [1.165, 1.54) is 5.69 Å². The molecule has 1 fully saturated rings. The summed E-state index contributed by atoms with van der Waals surface area (Å²) in [5, 5.41) is 0. The molecular weight excluding hydrogens is 250 g/mol. The normalized spacial score (nSPS) is 18.8. The second kappa shape index (κ2) is 6.75. The summed E-state index contributed by atoms with van der Waals surface area (Å²) in [7, 11) is 0. The smallest absolute Gasteiger partial charge is 0.239 e. The molecule has 2 atom stereocenters. The van der Waals surface area contributed by atoms with Crippen LogP contribution in [0.5, 0.6) is 0 Å². The van der Waals surface area contributed by atoms with Crippen molar-refractivity contribution in [1.29, 1.82) is 0 Å². The molecule has 110 valence electrons. The molecule has 2 N–H and O–H groups in total. The summed E-state index contributed by atoms with van der Waals surface area (Å²) in [5.41, 5.74) is 7.27. The SMILES string of the molecule is CC[C@H](C)[C@H](N)C(=O)N1CCN(c2ccccc2)CC1. The van der Waals surface area contributed by atoms with E-state index in [9.17, 15) is 4.79 Å². The molecule has 0 spiro atoms. The topological polar surface area (TPSA) is 49.6 Å². The van der Waals surface area contributed by atoms with Gasteiger partial charge in [-0.05, 0) is 18.1 Å². The van der Waals surface area contributed by atoms with Crippen molar-refractivity contribution in [3.05, 3.63) is 30.3 Å². The van der Waals surface area contributed by atoms with Crippen LogP contribution in [0, 0.1) is 5.92 Å². The molecule has 0 bridgehead atoms. The van der Waals surface area contributed by atoms with E-state index in [-0.39, 0.29) is 17.9 Å². The molecule has 20 heavy (non-hydrogen) atoms. The lowest BCUT2D eigenvalue weighted by Crippen LogP contribution is -2.54. The van der Waals surface area contributed by atoms with Gasteiger partial charge in [-0.15, -0.1) is 0 Å². The van der Waals surface area contributed by atoms with Gasteiger partial charge in [0, 0.05) is 31.9 Å². The van der Waals surface area contributed by atoms with Gasteiger partial charge in [0.05, 0.1) is 6.04 Å². The standard InChI is InChI=1S/C16H25N3O/c1-3-13(2)15(17)16(20)19-11-9-18(10-12-19)14-7-5-4-6-8-14/h4-8,13,15H,3,9-12,17H2,1-2H3/t13-,15-/m0/s1. The number of para-hydroxylation sites is 1. The summed E-state index contributed by atoms with van der Waals surface area (Å²) in [6.45, 7) is 7.40. The number of carbonyl (C=O) groups is 1. The third-order valence-electron chi connectivity index (χ3n) is 4.25. The molecule has 1 aliphatic rings. The first kappa shape index (κ1) is 14.9. The fraction of sp³-hybridized carbons (Fsp3) is 0.562. The Kier molecular flexibility index (Phi) is 5.01. The Morgan fingerprint density at radius 3 is 2.35 bits per heavy atom. The molecule has 4 heteroatoms. The lowest BCUT2D eigenvalue weighted by Gasteiger charge is -2.37. The molecule has 4 nitrogen and oxygen atoms in total. The van der Waals surface area contributed by atoms with Crippen LogP contribution in [0.15, 0.2) is 30.3 Å². The highest BCUT2D eigenvalue weighted by atomic mass is 16.2. The maximum atomic E-state index is 12.3. The lowest BCUT2D eigenvalue weighted by molar-refractivity contribution is -0.134. The minimum absolute atomic E-state index is 0.104. The monoisotopic (exact) mass is 275 g/mol. The van der Waals surface area contributed by atoms with Gasteiger partial charge in [-0.3, -0.25) is 4.79 Å². The maximum Gasteiger partial charge on any atom is 0.239 e. The summed E-state index contributed by atoms with van der Waals surface area (Å²) >= 11 is 0. The van der Waals surface area contributed by atoms with Crippen molar-refractivity contribution < 1.29 is 4.79 Å². The highest BCUT2D eigenvalue weighted by molar-refractivity contribution is 5.82. The molecule has 0 aromatic heterocycles. The first-order chi connectivity index (χ1) is 9.63. The summed E-state index contributed by atoms with van der Waals surface area (Å²) in [6, 6.07) is 9.99. The number of anilines is 1. The lowest BCUT2D eigenvalue weighted by atomic mass is 9.98. The highest BCUT2D eigenvalue weighted by Crippen LogP contribution is 2.17. The quantitative estimate of drug-likeness (QED) is 0.910. The van der Waals surface area contributed by atoms with E-state index >= 15 is 0 Å². The van der Waals surface area contributed by atoms with Crippen LogP contribution < -0.4 is 10.6 Å². The minimum Gasteiger partial charge on any atom is -0.368 e. The number of hydrogen-bond donors (Lipinski definition) is 1. The van der Waals surface area contributed by atoms with E-state index in [0.29, 0.717) is 0 Å². The number of rotatable bonds is 4. The number of nitrogens with zero attached hydrogens (tertiary/aromatic N) is 2. The average Bonchev–Trinajstić information content (AvgIpc) is 2.53. The first-order valence-electron chi connectivity index (χ1n) is 7.47. The van der Waals surface area contributed by atoms with Gasteiger partial charge in [0.1, 0.15) is 0 Å². The predicted molar refractivity (Wildman–Crippen MR) is 82.7 cm³/mol. The van der Waals surface area contributed by atoms with Crippen molar-refractivity contribution in [1.82, 2.24) is 4.90 Å². The van der Waals surface area contributed by atoms with E-state index < -0.39 is 0 Å². The largest absolute Gasteiger partial charge is 0.368 e. The molecule has 1 amide bonds. The number of piperazine rings is 1. The molecule has 0 unspecified atom stereocenters. The van der Waals surface area contributed by atoms with Gasteiger partial charge < -0.3 is 15.5 Å². The maximum absolute atomic E-state index is 12.3. The van der Waals surface area contributed by atoms with Crippen LogP contribution in [-0.2, 0) is 4.79 Å². The summed E-state index contributed by atoms with van der Waals surface area (Å²) < 4.78 is 0. The molecule has 2 rings (SSSR count). The van der Waals surface area contributed by atoms with Crippen molar-refractivity contribution in [3.63, 3.8) is 0 Å². The van der Waals surface area contributed by atoms with Crippen molar-refractivity contribution >= 4 is 11.6 Å². The van der Waals surface area contributed by atoms with Crippen molar-refractivity contribution in [3.8, 4) is 0 Å². The van der Waals surface area contributed by atoms with Crippen molar-refractivity contribution in [2.24, 2.45) is 11.7 Å². The van der Waals surface area contributed by atoms with Crippen LogP contribution in [0.2, 0.25) is 0 Å². The fourth-order valence-corrected chi connectivity index (χ4v) is 2.53. The van der Waals surface area contributed by atoms with Gasteiger partial charge in [0.25, 0.3) is 0 Å². The Balaban J connectivity index is 1.90. The van der Waals surface area contributed by atoms with Gasteiger partial charge in [-0.25, -0.2) is 0 Å². The molecule has 0 saturated carbocycles. The van der Waals surface area contributed by atoms with Crippen LogP contribution in [0.25, 0.3) is 0 Å². The number of carbonyl (C=O) groups excluding carboxylic acids is 1. The Labute approximate surface area is 121 Å². The molecule has 1 heterocycles. The fourth-order valence-electron chi connectivity index (χ4n) is 2.53. The molecule has 1 aromatic carbocycles.